The van der Waals surface area contributed by atoms with Crippen LogP contribution >= 0.6 is 22.7 Å². The summed E-state index contributed by atoms with van der Waals surface area (Å²) < 4.78 is 104. The number of allylic oxidation sites excluding steroid dienone is 2. The summed E-state index contributed by atoms with van der Waals surface area (Å²) in [6.45, 7) is 6.44. The van der Waals surface area contributed by atoms with Crippen LogP contribution in [-0.4, -0.2) is 37.5 Å². The molecule has 0 atom stereocenters. The number of hydrogen-bond acceptors (Lipinski definition) is 5. The molecule has 0 saturated heterocycles. The predicted octanol–water partition coefficient (Wildman–Crippen LogP) is 10.5. The Morgan fingerprint density at radius 2 is 1.04 bits per heavy atom. The number of ether oxygens (including phenoxy) is 2. The van der Waals surface area contributed by atoms with Crippen LogP contribution in [0.5, 0.6) is 11.5 Å². The van der Waals surface area contributed by atoms with E-state index in [1.807, 2.05) is 6.92 Å². The van der Waals surface area contributed by atoms with Gasteiger partial charge in [-0.3, -0.25) is 0 Å². The third-order valence-corrected chi connectivity index (χ3v) is 9.90. The molecule has 1 aliphatic carbocycles. The standard InChI is InChI=1S/C34H33F6NO2S2/c1-4-5-16-42-24-11-7-22(8-12-24)28-18-26(20(2)44-28)30-31(33(37,38)34(39,40)32(30,35)36)27-19-29(45-21(27)3)23-9-13-25(14-10-23)43-17-6-15-41/h7-14,18-19H,4-6,15-17,41H2,1-3H3. The van der Waals surface area contributed by atoms with E-state index in [1.54, 1.807) is 48.5 Å². The average Bonchev–Trinajstić information content (AvgIpc) is 3.60. The third kappa shape index (κ3) is 6.02. The molecule has 240 valence electrons. The Bertz CT molecular complexity index is 1550. The summed E-state index contributed by atoms with van der Waals surface area (Å²) in [6.07, 6.45) is 2.53. The normalized spacial score (nSPS) is 16.8. The molecule has 0 saturated carbocycles. The third-order valence-electron chi connectivity index (χ3n) is 7.70. The molecule has 2 N–H and O–H groups in total. The SMILES string of the molecule is CCCCOc1ccc(-c2cc(C3=C(c4cc(-c5ccc(OCCCN)cc5)sc4C)C(F)(F)C(F)(F)C3(F)F)c(C)s2)cc1. The van der Waals surface area contributed by atoms with Gasteiger partial charge in [-0.15, -0.1) is 22.7 Å². The molecule has 1 aliphatic rings. The second kappa shape index (κ2) is 12.8. The van der Waals surface area contributed by atoms with Crippen LogP contribution < -0.4 is 15.2 Å². The largest absolute Gasteiger partial charge is 0.494 e. The molecule has 0 spiro atoms. The van der Waals surface area contributed by atoms with Crippen molar-refractivity contribution < 1.29 is 35.8 Å². The van der Waals surface area contributed by atoms with E-state index < -0.39 is 28.9 Å². The number of benzene rings is 2. The Morgan fingerprint density at radius 1 is 0.644 bits per heavy atom. The Kier molecular flexibility index (Phi) is 9.45. The molecule has 0 amide bonds. The van der Waals surface area contributed by atoms with Gasteiger partial charge in [-0.25, -0.2) is 0 Å². The lowest BCUT2D eigenvalue weighted by atomic mass is 9.94. The first-order chi connectivity index (χ1) is 21.3. The minimum absolute atomic E-state index is 0.223. The van der Waals surface area contributed by atoms with Gasteiger partial charge in [0.2, 0.25) is 0 Å². The van der Waals surface area contributed by atoms with Gasteiger partial charge in [0, 0.05) is 30.7 Å². The Hall–Kier alpha value is -3.28. The lowest BCUT2D eigenvalue weighted by Crippen LogP contribution is -2.48. The van der Waals surface area contributed by atoms with Gasteiger partial charge < -0.3 is 15.2 Å². The van der Waals surface area contributed by atoms with Crippen molar-refractivity contribution >= 4 is 33.8 Å². The second-order valence-corrected chi connectivity index (χ2v) is 13.4. The summed E-state index contributed by atoms with van der Waals surface area (Å²) in [7, 11) is 0. The molecule has 0 radical (unpaired) electrons. The highest BCUT2D eigenvalue weighted by Gasteiger charge is 2.80. The molecule has 0 unspecified atom stereocenters. The predicted molar refractivity (Wildman–Crippen MR) is 170 cm³/mol. The number of thiophene rings is 2. The minimum atomic E-state index is -5.63. The molecular formula is C34H33F6NO2S2. The fraction of sp³-hybridized carbons (Fsp3) is 0.353. The smallest absolute Gasteiger partial charge is 0.380 e. The van der Waals surface area contributed by atoms with Gasteiger partial charge in [0.05, 0.1) is 13.2 Å². The van der Waals surface area contributed by atoms with Crippen LogP contribution in [0, 0.1) is 13.8 Å². The molecule has 5 rings (SSSR count). The molecule has 2 aromatic carbocycles. The van der Waals surface area contributed by atoms with Gasteiger partial charge in [0.1, 0.15) is 11.5 Å². The number of hydrogen-bond donors (Lipinski definition) is 1. The van der Waals surface area contributed by atoms with Crippen molar-refractivity contribution in [2.75, 3.05) is 19.8 Å². The maximum Gasteiger partial charge on any atom is 0.380 e. The highest BCUT2D eigenvalue weighted by Crippen LogP contribution is 2.66. The molecule has 2 aromatic heterocycles. The van der Waals surface area contributed by atoms with E-state index in [9.17, 15) is 0 Å². The highest BCUT2D eigenvalue weighted by atomic mass is 32.1. The molecule has 2 heterocycles. The quantitative estimate of drug-likeness (QED) is 0.121. The summed E-state index contributed by atoms with van der Waals surface area (Å²) >= 11 is 2.15. The monoisotopic (exact) mass is 665 g/mol. The number of rotatable bonds is 12. The molecular weight excluding hydrogens is 633 g/mol. The Labute approximate surface area is 266 Å². The number of alkyl halides is 6. The van der Waals surface area contributed by atoms with E-state index in [2.05, 4.69) is 0 Å². The fourth-order valence-electron chi connectivity index (χ4n) is 5.22. The summed E-state index contributed by atoms with van der Waals surface area (Å²) in [5.74, 6) is -14.7. The van der Waals surface area contributed by atoms with Crippen LogP contribution in [0.25, 0.3) is 32.0 Å². The van der Waals surface area contributed by atoms with Crippen molar-refractivity contribution in [3.63, 3.8) is 0 Å². The van der Waals surface area contributed by atoms with Gasteiger partial charge in [0.25, 0.3) is 0 Å². The lowest BCUT2D eigenvalue weighted by molar-refractivity contribution is -0.254. The summed E-state index contributed by atoms with van der Waals surface area (Å²) in [5, 5.41) is 0. The van der Waals surface area contributed by atoms with Crippen LogP contribution in [0.2, 0.25) is 0 Å². The van der Waals surface area contributed by atoms with Crippen LogP contribution in [-0.2, 0) is 0 Å². The van der Waals surface area contributed by atoms with Crippen molar-refractivity contribution in [3.8, 4) is 32.4 Å². The van der Waals surface area contributed by atoms with E-state index >= 15 is 26.3 Å². The summed E-state index contributed by atoms with van der Waals surface area (Å²) in [5.41, 5.74) is 3.40. The van der Waals surface area contributed by atoms with E-state index in [-0.39, 0.29) is 20.9 Å². The van der Waals surface area contributed by atoms with Crippen molar-refractivity contribution in [3.05, 3.63) is 81.5 Å². The summed E-state index contributed by atoms with van der Waals surface area (Å²) in [6, 6.07) is 16.3. The van der Waals surface area contributed by atoms with E-state index in [0.29, 0.717) is 58.6 Å². The molecule has 4 aromatic rings. The van der Waals surface area contributed by atoms with Crippen LogP contribution in [0.15, 0.2) is 60.7 Å². The fourth-order valence-corrected chi connectivity index (χ4v) is 7.28. The first-order valence-corrected chi connectivity index (χ1v) is 16.2. The first kappa shape index (κ1) is 33.1. The average molecular weight is 666 g/mol. The molecule has 11 heteroatoms. The lowest BCUT2D eigenvalue weighted by Gasteiger charge is -2.25. The Balaban J connectivity index is 1.57. The van der Waals surface area contributed by atoms with Crippen LogP contribution in [0.1, 0.15) is 47.1 Å². The highest BCUT2D eigenvalue weighted by molar-refractivity contribution is 7.16. The van der Waals surface area contributed by atoms with Gasteiger partial charge in [-0.2, -0.15) is 26.3 Å². The maximum absolute atomic E-state index is 15.6. The number of halogens is 6. The molecule has 0 fully saturated rings. The van der Waals surface area contributed by atoms with Gasteiger partial charge in [0.15, 0.2) is 0 Å². The zero-order valence-electron chi connectivity index (χ0n) is 25.0. The Morgan fingerprint density at radius 3 is 1.42 bits per heavy atom. The van der Waals surface area contributed by atoms with Crippen LogP contribution in [0.3, 0.4) is 0 Å². The molecule has 0 aliphatic heterocycles. The minimum Gasteiger partial charge on any atom is -0.494 e. The topological polar surface area (TPSA) is 44.5 Å². The van der Waals surface area contributed by atoms with Crippen molar-refractivity contribution in [1.29, 1.82) is 0 Å². The van der Waals surface area contributed by atoms with Gasteiger partial charge in [-0.1, -0.05) is 13.3 Å². The van der Waals surface area contributed by atoms with Crippen LogP contribution in [0.4, 0.5) is 26.3 Å². The zero-order chi connectivity index (χ0) is 32.6. The number of unbranched alkanes of at least 4 members (excludes halogenated alkanes) is 1. The van der Waals surface area contributed by atoms with E-state index in [1.165, 1.54) is 26.0 Å². The first-order valence-electron chi connectivity index (χ1n) is 14.6. The van der Waals surface area contributed by atoms with E-state index in [0.717, 1.165) is 35.5 Å². The summed E-state index contributed by atoms with van der Waals surface area (Å²) in [4.78, 5) is 1.41. The maximum atomic E-state index is 15.6. The molecule has 45 heavy (non-hydrogen) atoms. The second-order valence-electron chi connectivity index (χ2n) is 10.9. The molecule has 3 nitrogen and oxygen atoms in total. The van der Waals surface area contributed by atoms with Gasteiger partial charge in [-0.05, 0) is 116 Å². The zero-order valence-corrected chi connectivity index (χ0v) is 26.6. The number of nitrogens with two attached hydrogens (primary N) is 1. The van der Waals surface area contributed by atoms with E-state index in [4.69, 9.17) is 15.2 Å². The van der Waals surface area contributed by atoms with Crippen molar-refractivity contribution in [2.45, 2.75) is 57.8 Å². The number of aryl methyl sites for hydroxylation is 2. The van der Waals surface area contributed by atoms with Crippen molar-refractivity contribution in [2.24, 2.45) is 5.73 Å². The molecule has 0 bridgehead atoms. The van der Waals surface area contributed by atoms with Crippen molar-refractivity contribution in [1.82, 2.24) is 0 Å². The van der Waals surface area contributed by atoms with Gasteiger partial charge >= 0.3 is 17.8 Å².